The summed E-state index contributed by atoms with van der Waals surface area (Å²) in [5.74, 6) is -0.0454. The summed E-state index contributed by atoms with van der Waals surface area (Å²) < 4.78 is 0. The van der Waals surface area contributed by atoms with E-state index in [-0.39, 0.29) is 11.8 Å². The number of carbonyl (C=O) groups excluding carboxylic acids is 2. The summed E-state index contributed by atoms with van der Waals surface area (Å²) in [4.78, 5) is 26.3. The number of hydrogen-bond acceptors (Lipinski definition) is 3. The number of hydrogen-bond donors (Lipinski definition) is 2. The van der Waals surface area contributed by atoms with Crippen LogP contribution >= 0.6 is 11.6 Å². The average molecular weight is 375 g/mol. The van der Waals surface area contributed by atoms with Crippen LogP contribution in [0.3, 0.4) is 0 Å². The Kier molecular flexibility index (Phi) is 5.05. The summed E-state index contributed by atoms with van der Waals surface area (Å²) in [5, 5.41) is 10.8. The summed E-state index contributed by atoms with van der Waals surface area (Å²) in [6.45, 7) is 6.67. The molecule has 6 nitrogen and oxygen atoms in total. The molecule has 26 heavy (non-hydrogen) atoms. The molecule has 0 aliphatic carbocycles. The van der Waals surface area contributed by atoms with E-state index in [0.717, 1.165) is 22.5 Å². The number of carbonyl (C=O) groups is 2. The zero-order valence-corrected chi connectivity index (χ0v) is 16.0. The van der Waals surface area contributed by atoms with Gasteiger partial charge in [-0.2, -0.15) is 5.10 Å². The summed E-state index contributed by atoms with van der Waals surface area (Å²) in [7, 11) is 0. The van der Waals surface area contributed by atoms with Crippen LogP contribution in [0.15, 0.2) is 24.3 Å². The van der Waals surface area contributed by atoms with E-state index in [2.05, 4.69) is 15.5 Å². The van der Waals surface area contributed by atoms with Gasteiger partial charge in [-0.15, -0.1) is 0 Å². The van der Waals surface area contributed by atoms with Crippen molar-refractivity contribution < 1.29 is 9.59 Å². The zero-order chi connectivity index (χ0) is 18.9. The molecule has 1 aliphatic rings. The number of benzene rings is 1. The predicted molar refractivity (Wildman–Crippen MR) is 99.8 cm³/mol. The third kappa shape index (κ3) is 3.60. The standard InChI is InChI=1S/C19H23ClN4O2/c1-12-17(13(2)23-22-12)9-21-18(26)19(10-24(11-19)14(3)25)8-15-4-6-16(20)7-5-15/h4-7H,8-11H2,1-3H3,(H,21,26)(H,22,23). The first kappa shape index (κ1) is 18.5. The molecule has 0 atom stereocenters. The number of amides is 2. The second-order valence-corrected chi connectivity index (χ2v) is 7.49. The molecule has 7 heteroatoms. The van der Waals surface area contributed by atoms with Crippen LogP contribution in [0.25, 0.3) is 0 Å². The fourth-order valence-corrected chi connectivity index (χ4v) is 3.55. The number of rotatable bonds is 5. The SMILES string of the molecule is CC(=O)N1CC(Cc2ccc(Cl)cc2)(C(=O)NCc2c(C)n[nH]c2C)C1. The van der Waals surface area contributed by atoms with Crippen molar-refractivity contribution in [1.82, 2.24) is 20.4 Å². The van der Waals surface area contributed by atoms with E-state index in [4.69, 9.17) is 11.6 Å². The predicted octanol–water partition coefficient (Wildman–Crippen LogP) is 2.39. The van der Waals surface area contributed by atoms with Gasteiger partial charge in [0.05, 0.1) is 11.1 Å². The molecule has 2 amide bonds. The van der Waals surface area contributed by atoms with Gasteiger partial charge in [-0.1, -0.05) is 23.7 Å². The first-order valence-corrected chi connectivity index (χ1v) is 8.97. The van der Waals surface area contributed by atoms with E-state index in [0.29, 0.717) is 31.1 Å². The van der Waals surface area contributed by atoms with Crippen molar-refractivity contribution in [3.8, 4) is 0 Å². The smallest absolute Gasteiger partial charge is 0.230 e. The molecule has 0 bridgehead atoms. The first-order chi connectivity index (χ1) is 12.3. The van der Waals surface area contributed by atoms with Gasteiger partial charge in [-0.05, 0) is 38.0 Å². The summed E-state index contributed by atoms with van der Waals surface area (Å²) in [5.41, 5.74) is 3.26. The van der Waals surface area contributed by atoms with Crippen LogP contribution in [0.2, 0.25) is 5.02 Å². The largest absolute Gasteiger partial charge is 0.351 e. The maximum atomic E-state index is 13.0. The van der Waals surface area contributed by atoms with Gasteiger partial charge < -0.3 is 10.2 Å². The van der Waals surface area contributed by atoms with E-state index in [1.54, 1.807) is 4.90 Å². The van der Waals surface area contributed by atoms with Crippen molar-refractivity contribution in [3.63, 3.8) is 0 Å². The lowest BCUT2D eigenvalue weighted by Crippen LogP contribution is -2.65. The third-order valence-electron chi connectivity index (χ3n) is 5.08. The lowest BCUT2D eigenvalue weighted by molar-refractivity contribution is -0.152. The Morgan fingerprint density at radius 3 is 2.46 bits per heavy atom. The summed E-state index contributed by atoms with van der Waals surface area (Å²) in [6, 6.07) is 7.50. The van der Waals surface area contributed by atoms with Gasteiger partial charge in [-0.3, -0.25) is 14.7 Å². The van der Waals surface area contributed by atoms with E-state index in [9.17, 15) is 9.59 Å². The van der Waals surface area contributed by atoms with Gasteiger partial charge in [0, 0.05) is 42.8 Å². The number of H-pyrrole nitrogens is 1. The quantitative estimate of drug-likeness (QED) is 0.843. The van der Waals surface area contributed by atoms with E-state index >= 15 is 0 Å². The lowest BCUT2D eigenvalue weighted by Gasteiger charge is -2.48. The lowest BCUT2D eigenvalue weighted by atomic mass is 9.73. The highest BCUT2D eigenvalue weighted by molar-refractivity contribution is 6.30. The molecule has 0 unspecified atom stereocenters. The monoisotopic (exact) mass is 374 g/mol. The van der Waals surface area contributed by atoms with Crippen LogP contribution in [-0.4, -0.2) is 40.0 Å². The van der Waals surface area contributed by atoms with Crippen molar-refractivity contribution in [2.45, 2.75) is 33.7 Å². The molecule has 0 saturated carbocycles. The van der Waals surface area contributed by atoms with Crippen LogP contribution in [0, 0.1) is 19.3 Å². The van der Waals surface area contributed by atoms with Crippen LogP contribution in [0.1, 0.15) is 29.4 Å². The number of aromatic nitrogens is 2. The molecule has 0 radical (unpaired) electrons. The molecule has 1 saturated heterocycles. The second-order valence-electron chi connectivity index (χ2n) is 7.05. The van der Waals surface area contributed by atoms with Crippen molar-refractivity contribution in [2.24, 2.45) is 5.41 Å². The Hall–Kier alpha value is -2.34. The van der Waals surface area contributed by atoms with Gasteiger partial charge in [0.1, 0.15) is 0 Å². The summed E-state index contributed by atoms with van der Waals surface area (Å²) >= 11 is 5.95. The van der Waals surface area contributed by atoms with Gasteiger partial charge in [0.25, 0.3) is 0 Å². The highest BCUT2D eigenvalue weighted by Gasteiger charge is 2.50. The topological polar surface area (TPSA) is 78.1 Å². The van der Waals surface area contributed by atoms with E-state index in [1.807, 2.05) is 38.1 Å². The third-order valence-corrected chi connectivity index (χ3v) is 5.33. The maximum Gasteiger partial charge on any atom is 0.230 e. The number of halogens is 1. The molecular formula is C19H23ClN4O2. The van der Waals surface area contributed by atoms with Crippen molar-refractivity contribution in [2.75, 3.05) is 13.1 Å². The minimum Gasteiger partial charge on any atom is -0.351 e. The minimum atomic E-state index is -0.606. The number of nitrogens with zero attached hydrogens (tertiary/aromatic N) is 2. The van der Waals surface area contributed by atoms with Gasteiger partial charge in [0.15, 0.2) is 0 Å². The number of aromatic amines is 1. The Morgan fingerprint density at radius 1 is 1.27 bits per heavy atom. The maximum absolute atomic E-state index is 13.0. The van der Waals surface area contributed by atoms with Gasteiger partial charge in [-0.25, -0.2) is 0 Å². The van der Waals surface area contributed by atoms with Crippen LogP contribution in [0.4, 0.5) is 0 Å². The van der Waals surface area contributed by atoms with E-state index in [1.165, 1.54) is 6.92 Å². The summed E-state index contributed by atoms with van der Waals surface area (Å²) in [6.07, 6.45) is 0.573. The average Bonchev–Trinajstić information content (AvgIpc) is 2.88. The van der Waals surface area contributed by atoms with Crippen molar-refractivity contribution >= 4 is 23.4 Å². The van der Waals surface area contributed by atoms with Crippen LogP contribution in [-0.2, 0) is 22.6 Å². The molecule has 1 aromatic carbocycles. The van der Waals surface area contributed by atoms with Crippen molar-refractivity contribution in [3.05, 3.63) is 51.8 Å². The Balaban J connectivity index is 1.74. The fourth-order valence-electron chi connectivity index (χ4n) is 3.43. The molecule has 1 fully saturated rings. The second kappa shape index (κ2) is 7.11. The molecule has 2 N–H and O–H groups in total. The van der Waals surface area contributed by atoms with Crippen LogP contribution < -0.4 is 5.32 Å². The molecule has 2 aromatic rings. The van der Waals surface area contributed by atoms with Gasteiger partial charge in [0.2, 0.25) is 11.8 Å². The molecular weight excluding hydrogens is 352 g/mol. The molecule has 138 valence electrons. The molecule has 0 spiro atoms. The molecule has 1 aliphatic heterocycles. The normalized spacial score (nSPS) is 15.5. The Morgan fingerprint density at radius 2 is 1.92 bits per heavy atom. The van der Waals surface area contributed by atoms with Crippen molar-refractivity contribution in [1.29, 1.82) is 0 Å². The molecule has 3 rings (SSSR count). The van der Waals surface area contributed by atoms with Gasteiger partial charge >= 0.3 is 0 Å². The Labute approximate surface area is 157 Å². The number of aryl methyl sites for hydroxylation is 2. The van der Waals surface area contributed by atoms with E-state index < -0.39 is 5.41 Å². The molecule has 1 aromatic heterocycles. The highest BCUT2D eigenvalue weighted by atomic mass is 35.5. The number of nitrogens with one attached hydrogen (secondary N) is 2. The van der Waals surface area contributed by atoms with Crippen LogP contribution in [0.5, 0.6) is 0 Å². The minimum absolute atomic E-state index is 0.00828. The first-order valence-electron chi connectivity index (χ1n) is 8.59. The highest BCUT2D eigenvalue weighted by Crippen LogP contribution is 2.35. The number of likely N-dealkylation sites (tertiary alicyclic amines) is 1. The Bertz CT molecular complexity index is 803. The zero-order valence-electron chi connectivity index (χ0n) is 15.2. The molecule has 2 heterocycles. The fraction of sp³-hybridized carbons (Fsp3) is 0.421.